The Hall–Kier alpha value is -4.09. The molecule has 33 heavy (non-hydrogen) atoms. The van der Waals surface area contributed by atoms with Gasteiger partial charge in [-0.15, -0.1) is 0 Å². The number of aromatic nitrogens is 1. The van der Waals surface area contributed by atoms with Crippen molar-refractivity contribution >= 4 is 68.1 Å². The van der Waals surface area contributed by atoms with Crippen molar-refractivity contribution in [3.8, 4) is 0 Å². The average Bonchev–Trinajstić information content (AvgIpc) is 3.53. The highest BCUT2D eigenvalue weighted by atomic mass is 32.2. The van der Waals surface area contributed by atoms with E-state index in [1.165, 1.54) is 23.1 Å². The van der Waals surface area contributed by atoms with Crippen molar-refractivity contribution in [2.24, 2.45) is 25.7 Å². The molecule has 0 saturated carbocycles. The molecule has 160 valence electrons. The molecule has 3 aliphatic rings. The Morgan fingerprint density at radius 3 is 2.18 bits per heavy atom. The van der Waals surface area contributed by atoms with Crippen LogP contribution in [0.2, 0.25) is 0 Å². The standard InChI is InChI=1S/C22H15N9S2/c23-17-15(32-21(25)29-17)13-9-5-1-3-7-11(9)19(27-13)31-20-12-8-4-2-6-10(12)14(28-20)16-18(24)30-22(26)33-16/h1-8H,23H2,(H2,25,29)(H3,24,26,30)/b16-14+,31-19?. The fourth-order valence-electron chi connectivity index (χ4n) is 3.86. The van der Waals surface area contributed by atoms with E-state index < -0.39 is 0 Å². The molecule has 0 bridgehead atoms. The summed E-state index contributed by atoms with van der Waals surface area (Å²) in [7, 11) is 0. The summed E-state index contributed by atoms with van der Waals surface area (Å²) >= 11 is 2.48. The number of benzene rings is 2. The molecule has 11 heteroatoms. The van der Waals surface area contributed by atoms with Gasteiger partial charge in [-0.1, -0.05) is 59.9 Å². The van der Waals surface area contributed by atoms with E-state index >= 15 is 0 Å². The average molecular weight is 470 g/mol. The first-order chi connectivity index (χ1) is 16.0. The zero-order chi connectivity index (χ0) is 22.7. The van der Waals surface area contributed by atoms with Gasteiger partial charge in [0, 0.05) is 22.3 Å². The SMILES string of the molecule is N=C1N=C(N)/C(=C2\N=C(N=C3N=C(c4sc(N)nc4N)c4ccccc43)c3ccccc32)S1. The second-order valence-corrected chi connectivity index (χ2v) is 9.30. The van der Waals surface area contributed by atoms with Crippen LogP contribution in [0.5, 0.6) is 0 Å². The van der Waals surface area contributed by atoms with E-state index in [1.807, 2.05) is 48.5 Å². The van der Waals surface area contributed by atoms with Crippen molar-refractivity contribution in [2.75, 3.05) is 11.5 Å². The summed E-state index contributed by atoms with van der Waals surface area (Å²) in [6, 6.07) is 15.6. The van der Waals surface area contributed by atoms with Crippen molar-refractivity contribution in [1.29, 1.82) is 5.41 Å². The molecule has 0 atom stereocenters. The normalized spacial score (nSPS) is 20.1. The molecule has 1 aromatic heterocycles. The van der Waals surface area contributed by atoms with Gasteiger partial charge < -0.3 is 17.2 Å². The minimum atomic E-state index is 0.142. The highest BCUT2D eigenvalue weighted by Gasteiger charge is 2.30. The molecule has 0 spiro atoms. The number of anilines is 2. The quantitative estimate of drug-likeness (QED) is 0.429. The van der Waals surface area contributed by atoms with Gasteiger partial charge in [0.2, 0.25) is 0 Å². The first kappa shape index (κ1) is 19.6. The van der Waals surface area contributed by atoms with Crippen molar-refractivity contribution in [2.45, 2.75) is 0 Å². The first-order valence-corrected chi connectivity index (χ1v) is 11.5. The van der Waals surface area contributed by atoms with Crippen LogP contribution < -0.4 is 17.2 Å². The number of thiazole rings is 1. The molecular formula is C22H15N9S2. The smallest absolute Gasteiger partial charge is 0.187 e. The van der Waals surface area contributed by atoms with Crippen molar-refractivity contribution < 1.29 is 0 Å². The van der Waals surface area contributed by atoms with Crippen LogP contribution in [0.3, 0.4) is 0 Å². The number of nitrogens with two attached hydrogens (primary N) is 3. The van der Waals surface area contributed by atoms with Crippen LogP contribution in [0.15, 0.2) is 73.4 Å². The lowest BCUT2D eigenvalue weighted by Crippen LogP contribution is -2.10. The number of aliphatic imine (C=N–C) groups is 4. The van der Waals surface area contributed by atoms with E-state index in [1.54, 1.807) is 0 Å². The number of thioether (sulfide) groups is 1. The number of nitrogens with one attached hydrogen (secondary N) is 1. The van der Waals surface area contributed by atoms with Gasteiger partial charge >= 0.3 is 0 Å². The van der Waals surface area contributed by atoms with Crippen molar-refractivity contribution in [3.63, 3.8) is 0 Å². The zero-order valence-corrected chi connectivity index (χ0v) is 18.5. The van der Waals surface area contributed by atoms with Gasteiger partial charge in [0.05, 0.1) is 21.2 Å². The maximum absolute atomic E-state index is 7.84. The molecule has 7 N–H and O–H groups in total. The van der Waals surface area contributed by atoms with E-state index in [2.05, 4.69) is 9.98 Å². The number of rotatable bonds is 1. The van der Waals surface area contributed by atoms with Crippen LogP contribution in [0.25, 0.3) is 5.70 Å². The van der Waals surface area contributed by atoms with Crippen LogP contribution >= 0.6 is 23.1 Å². The summed E-state index contributed by atoms with van der Waals surface area (Å²) in [6.07, 6.45) is 0. The van der Waals surface area contributed by atoms with E-state index in [9.17, 15) is 0 Å². The number of hydrogen-bond donors (Lipinski definition) is 4. The summed E-state index contributed by atoms with van der Waals surface area (Å²) in [5.74, 6) is 1.68. The molecule has 0 unspecified atom stereocenters. The van der Waals surface area contributed by atoms with Gasteiger partial charge in [-0.05, 0) is 11.8 Å². The summed E-state index contributed by atoms with van der Waals surface area (Å²) in [5.41, 5.74) is 22.9. The number of nitrogens with zero attached hydrogens (tertiary/aromatic N) is 5. The lowest BCUT2D eigenvalue weighted by atomic mass is 10.0. The first-order valence-electron chi connectivity index (χ1n) is 9.82. The third-order valence-corrected chi connectivity index (χ3v) is 7.05. The molecule has 3 aromatic rings. The number of fused-ring (bicyclic) bond motifs is 2. The van der Waals surface area contributed by atoms with Crippen LogP contribution in [-0.4, -0.2) is 33.4 Å². The molecule has 6 rings (SSSR count). The van der Waals surface area contributed by atoms with E-state index in [0.717, 1.165) is 22.3 Å². The highest BCUT2D eigenvalue weighted by Crippen LogP contribution is 2.39. The summed E-state index contributed by atoms with van der Waals surface area (Å²) < 4.78 is 0. The van der Waals surface area contributed by atoms with Gasteiger partial charge in [-0.3, -0.25) is 5.41 Å². The van der Waals surface area contributed by atoms with Gasteiger partial charge in [0.1, 0.15) is 11.7 Å². The minimum absolute atomic E-state index is 0.142. The number of nitrogen functional groups attached to an aromatic ring is 2. The highest BCUT2D eigenvalue weighted by molar-refractivity contribution is 8.18. The van der Waals surface area contributed by atoms with E-state index in [-0.39, 0.29) is 11.0 Å². The Balaban J connectivity index is 1.53. The molecular weight excluding hydrogens is 454 g/mol. The van der Waals surface area contributed by atoms with Gasteiger partial charge in [0.25, 0.3) is 0 Å². The Morgan fingerprint density at radius 1 is 0.818 bits per heavy atom. The molecule has 0 amide bonds. The molecule has 3 aliphatic heterocycles. The van der Waals surface area contributed by atoms with E-state index in [4.69, 9.17) is 37.6 Å². The minimum Gasteiger partial charge on any atom is -0.383 e. The van der Waals surface area contributed by atoms with Crippen molar-refractivity contribution in [1.82, 2.24) is 4.98 Å². The monoisotopic (exact) mass is 469 g/mol. The fourth-order valence-corrected chi connectivity index (χ4v) is 5.35. The number of amidine groups is 4. The second kappa shape index (κ2) is 7.22. The van der Waals surface area contributed by atoms with Crippen molar-refractivity contribution in [3.05, 3.63) is 80.6 Å². The third-order valence-electron chi connectivity index (χ3n) is 5.25. The summed E-state index contributed by atoms with van der Waals surface area (Å²) in [5, 5.41) is 8.36. The van der Waals surface area contributed by atoms with Gasteiger partial charge in [-0.25, -0.2) is 25.0 Å². The maximum Gasteiger partial charge on any atom is 0.187 e. The molecule has 2 aromatic carbocycles. The lowest BCUT2D eigenvalue weighted by molar-refractivity contribution is 1.42. The Bertz CT molecular complexity index is 1540. The summed E-state index contributed by atoms with van der Waals surface area (Å²) in [6.45, 7) is 0. The Kier molecular flexibility index (Phi) is 4.28. The zero-order valence-electron chi connectivity index (χ0n) is 16.9. The predicted octanol–water partition coefficient (Wildman–Crippen LogP) is 3.07. The molecule has 9 nitrogen and oxygen atoms in total. The topological polar surface area (TPSA) is 164 Å². The van der Waals surface area contributed by atoms with Crippen LogP contribution in [-0.2, 0) is 0 Å². The molecule has 0 saturated heterocycles. The largest absolute Gasteiger partial charge is 0.383 e. The maximum atomic E-state index is 7.84. The molecule has 0 fully saturated rings. The Morgan fingerprint density at radius 2 is 1.52 bits per heavy atom. The lowest BCUT2D eigenvalue weighted by Gasteiger charge is -2.02. The molecule has 4 heterocycles. The van der Waals surface area contributed by atoms with Crippen LogP contribution in [0, 0.1) is 5.41 Å². The van der Waals surface area contributed by atoms with Crippen LogP contribution in [0.4, 0.5) is 10.9 Å². The van der Waals surface area contributed by atoms with E-state index in [0.29, 0.717) is 43.8 Å². The second-order valence-electron chi connectivity index (χ2n) is 7.27. The summed E-state index contributed by atoms with van der Waals surface area (Å²) in [4.78, 5) is 24.0. The fraction of sp³-hybridized carbons (Fsp3) is 0. The Labute approximate surface area is 196 Å². The predicted molar refractivity (Wildman–Crippen MR) is 136 cm³/mol. The third kappa shape index (κ3) is 3.09. The van der Waals surface area contributed by atoms with Gasteiger partial charge in [0.15, 0.2) is 22.0 Å². The molecule has 0 aliphatic carbocycles. The van der Waals surface area contributed by atoms with Gasteiger partial charge in [-0.2, -0.15) is 0 Å². The number of hydrogen-bond acceptors (Lipinski definition) is 9. The van der Waals surface area contributed by atoms with Crippen LogP contribution in [0.1, 0.15) is 27.1 Å². The molecule has 0 radical (unpaired) electrons.